The molecule has 1 aliphatic heterocycles. The molecule has 196 valence electrons. The van der Waals surface area contributed by atoms with E-state index < -0.39 is 30.0 Å². The number of hydrogen-bond acceptors (Lipinski definition) is 7. The number of amides is 2. The summed E-state index contributed by atoms with van der Waals surface area (Å²) in [6.45, 7) is 4.17. The molecule has 9 nitrogen and oxygen atoms in total. The summed E-state index contributed by atoms with van der Waals surface area (Å²) < 4.78 is 44.4. The molecule has 1 saturated heterocycles. The first-order chi connectivity index (χ1) is 17.5. The van der Waals surface area contributed by atoms with Gasteiger partial charge in [0.15, 0.2) is 0 Å². The number of thiazole rings is 1. The molecule has 0 radical (unpaired) electrons. The summed E-state index contributed by atoms with van der Waals surface area (Å²) in [5.41, 5.74) is 1.21. The number of alkyl halides is 3. The molecule has 3 heterocycles. The molecule has 2 N–H and O–H groups in total. The lowest BCUT2D eigenvalue weighted by atomic mass is 10.1. The molecule has 0 saturated carbocycles. The van der Waals surface area contributed by atoms with Gasteiger partial charge in [-0.05, 0) is 44.9 Å². The molecular weight excluding hydrogens is 511 g/mol. The second-order valence-corrected chi connectivity index (χ2v) is 9.90. The lowest BCUT2D eigenvalue weighted by molar-refractivity contribution is -0.145. The predicted octanol–water partition coefficient (Wildman–Crippen LogP) is 4.94. The van der Waals surface area contributed by atoms with Crippen LogP contribution in [0.25, 0.3) is 10.6 Å². The molecule has 1 fully saturated rings. The zero-order valence-electron chi connectivity index (χ0n) is 20.0. The number of carbonyl (C=O) groups excluding carboxylic acids is 1. The van der Waals surface area contributed by atoms with E-state index in [1.807, 2.05) is 6.92 Å². The largest absolute Gasteiger partial charge is 0.489 e. The summed E-state index contributed by atoms with van der Waals surface area (Å²) in [4.78, 5) is 37.9. The number of benzene rings is 1. The minimum absolute atomic E-state index is 0.211. The fourth-order valence-electron chi connectivity index (χ4n) is 3.88. The molecule has 0 spiro atoms. The summed E-state index contributed by atoms with van der Waals surface area (Å²) in [6.07, 6.45) is -0.956. The Morgan fingerprint density at radius 2 is 1.92 bits per heavy atom. The lowest BCUT2D eigenvalue weighted by Crippen LogP contribution is -2.43. The van der Waals surface area contributed by atoms with E-state index in [-0.39, 0.29) is 18.2 Å². The van der Waals surface area contributed by atoms with Crippen LogP contribution in [0.1, 0.15) is 52.4 Å². The lowest BCUT2D eigenvalue weighted by Gasteiger charge is -2.31. The Hall–Kier alpha value is -3.74. The molecule has 2 atom stereocenters. The molecule has 4 rings (SSSR count). The Balaban J connectivity index is 1.56. The fourth-order valence-corrected chi connectivity index (χ4v) is 4.63. The number of ether oxygens (including phenoxy) is 1. The standard InChI is InChI=1S/C24H24F3N5O4S/c1-13-9-28-21(37-13)16-6-15(7-19(8-16)36-18-4-3-5-32(12-18)23(34)35)20(33)31-14(2)17-10-29-22(30-11-17)24(25,26)27/h6-11,14,18H,3-5,12H2,1-2H3,(H,31,33)(H,34,35)/t14-,18?/m1/s1. The molecule has 1 aliphatic rings. The molecule has 1 aromatic carbocycles. The number of piperidine rings is 1. The molecule has 37 heavy (non-hydrogen) atoms. The maximum absolute atomic E-state index is 13.1. The van der Waals surface area contributed by atoms with Gasteiger partial charge in [0.05, 0.1) is 12.6 Å². The Morgan fingerprint density at radius 3 is 2.54 bits per heavy atom. The minimum Gasteiger partial charge on any atom is -0.489 e. The Bertz CT molecular complexity index is 1280. The van der Waals surface area contributed by atoms with E-state index in [2.05, 4.69) is 20.3 Å². The highest BCUT2D eigenvalue weighted by atomic mass is 32.1. The van der Waals surface area contributed by atoms with Crippen molar-refractivity contribution in [1.82, 2.24) is 25.2 Å². The number of carboxylic acid groups (broad SMARTS) is 1. The molecule has 2 amide bonds. The monoisotopic (exact) mass is 535 g/mol. The second kappa shape index (κ2) is 10.7. The summed E-state index contributed by atoms with van der Waals surface area (Å²) in [6, 6.07) is 4.28. The summed E-state index contributed by atoms with van der Waals surface area (Å²) in [7, 11) is 0. The van der Waals surface area contributed by atoms with Crippen LogP contribution in [-0.4, -0.2) is 56.2 Å². The van der Waals surface area contributed by atoms with Crippen molar-refractivity contribution < 1.29 is 32.6 Å². The molecule has 2 aromatic heterocycles. The van der Waals surface area contributed by atoms with Crippen molar-refractivity contribution in [2.45, 2.75) is 45.0 Å². The van der Waals surface area contributed by atoms with Crippen LogP contribution in [0.3, 0.4) is 0 Å². The number of nitrogens with one attached hydrogen (secondary N) is 1. The highest BCUT2D eigenvalue weighted by molar-refractivity contribution is 7.14. The average molecular weight is 536 g/mol. The zero-order chi connectivity index (χ0) is 26.7. The van der Waals surface area contributed by atoms with Crippen molar-refractivity contribution in [3.8, 4) is 16.3 Å². The van der Waals surface area contributed by atoms with Crippen LogP contribution >= 0.6 is 11.3 Å². The highest BCUT2D eigenvalue weighted by Gasteiger charge is 2.34. The fraction of sp³-hybridized carbons (Fsp3) is 0.375. The molecule has 13 heteroatoms. The highest BCUT2D eigenvalue weighted by Crippen LogP contribution is 2.31. The molecule has 0 aliphatic carbocycles. The number of carbonyl (C=O) groups is 2. The van der Waals surface area contributed by atoms with Gasteiger partial charge < -0.3 is 20.1 Å². The Labute approximate surface area is 214 Å². The van der Waals surface area contributed by atoms with Crippen molar-refractivity contribution in [1.29, 1.82) is 0 Å². The van der Waals surface area contributed by atoms with E-state index in [0.717, 1.165) is 17.3 Å². The number of likely N-dealkylation sites (tertiary alicyclic amines) is 1. The van der Waals surface area contributed by atoms with Gasteiger partial charge in [-0.15, -0.1) is 11.3 Å². The van der Waals surface area contributed by atoms with Gasteiger partial charge in [0.2, 0.25) is 5.82 Å². The van der Waals surface area contributed by atoms with E-state index in [1.54, 1.807) is 31.3 Å². The van der Waals surface area contributed by atoms with Crippen LogP contribution < -0.4 is 10.1 Å². The summed E-state index contributed by atoms with van der Waals surface area (Å²) in [5.74, 6) is -1.35. The zero-order valence-corrected chi connectivity index (χ0v) is 20.8. The van der Waals surface area contributed by atoms with E-state index >= 15 is 0 Å². The van der Waals surface area contributed by atoms with Crippen molar-refractivity contribution in [3.63, 3.8) is 0 Å². The first-order valence-corrected chi connectivity index (χ1v) is 12.2. The number of hydrogen-bond donors (Lipinski definition) is 2. The summed E-state index contributed by atoms with van der Waals surface area (Å²) >= 11 is 1.44. The van der Waals surface area contributed by atoms with E-state index in [0.29, 0.717) is 41.3 Å². The molecular formula is C24H24F3N5O4S. The minimum atomic E-state index is -4.66. The molecule has 3 aromatic rings. The third-order valence-corrected chi connectivity index (χ3v) is 6.72. The average Bonchev–Trinajstić information content (AvgIpc) is 3.30. The van der Waals surface area contributed by atoms with Gasteiger partial charge in [-0.3, -0.25) is 4.79 Å². The second-order valence-electron chi connectivity index (χ2n) is 8.67. The Kier molecular flexibility index (Phi) is 7.62. The van der Waals surface area contributed by atoms with Crippen LogP contribution in [0.4, 0.5) is 18.0 Å². The maximum Gasteiger partial charge on any atom is 0.451 e. The van der Waals surface area contributed by atoms with Gasteiger partial charge in [0, 0.05) is 46.7 Å². The number of aryl methyl sites for hydroxylation is 1. The molecule has 0 bridgehead atoms. The number of halogens is 3. The van der Waals surface area contributed by atoms with Crippen molar-refractivity contribution >= 4 is 23.3 Å². The first kappa shape index (κ1) is 26.3. The van der Waals surface area contributed by atoms with Crippen LogP contribution in [0.5, 0.6) is 5.75 Å². The van der Waals surface area contributed by atoms with Crippen LogP contribution in [0, 0.1) is 6.92 Å². The van der Waals surface area contributed by atoms with Gasteiger partial charge in [-0.1, -0.05) is 0 Å². The Morgan fingerprint density at radius 1 is 1.19 bits per heavy atom. The van der Waals surface area contributed by atoms with Gasteiger partial charge in [-0.25, -0.2) is 19.7 Å². The predicted molar refractivity (Wildman–Crippen MR) is 128 cm³/mol. The van der Waals surface area contributed by atoms with E-state index in [1.165, 1.54) is 16.2 Å². The summed E-state index contributed by atoms with van der Waals surface area (Å²) in [5, 5.41) is 12.7. The smallest absolute Gasteiger partial charge is 0.451 e. The quantitative estimate of drug-likeness (QED) is 0.459. The number of rotatable bonds is 6. The maximum atomic E-state index is 13.1. The molecule has 1 unspecified atom stereocenters. The SMILES string of the molecule is Cc1cnc(-c2cc(OC3CCCN(C(=O)O)C3)cc(C(=O)N[C@H](C)c3cnc(C(F)(F)F)nc3)c2)s1. The third kappa shape index (κ3) is 6.53. The van der Waals surface area contributed by atoms with Gasteiger partial charge in [-0.2, -0.15) is 13.2 Å². The topological polar surface area (TPSA) is 118 Å². The number of nitrogens with zero attached hydrogens (tertiary/aromatic N) is 4. The third-order valence-electron chi connectivity index (χ3n) is 5.76. The van der Waals surface area contributed by atoms with E-state index in [9.17, 15) is 27.9 Å². The van der Waals surface area contributed by atoms with E-state index in [4.69, 9.17) is 4.74 Å². The van der Waals surface area contributed by atoms with Gasteiger partial charge in [0.25, 0.3) is 5.91 Å². The number of aromatic nitrogens is 3. The van der Waals surface area contributed by atoms with Crippen molar-refractivity contribution in [2.75, 3.05) is 13.1 Å². The van der Waals surface area contributed by atoms with Crippen LogP contribution in [0.15, 0.2) is 36.8 Å². The van der Waals surface area contributed by atoms with Crippen LogP contribution in [0.2, 0.25) is 0 Å². The van der Waals surface area contributed by atoms with Crippen molar-refractivity contribution in [2.24, 2.45) is 0 Å². The van der Waals surface area contributed by atoms with Gasteiger partial charge >= 0.3 is 12.3 Å². The first-order valence-electron chi connectivity index (χ1n) is 11.4. The van der Waals surface area contributed by atoms with Crippen LogP contribution in [-0.2, 0) is 6.18 Å². The van der Waals surface area contributed by atoms with Gasteiger partial charge in [0.1, 0.15) is 16.9 Å². The van der Waals surface area contributed by atoms with Crippen molar-refractivity contribution in [3.05, 3.63) is 58.6 Å². The normalized spacial score (nSPS) is 16.8.